The standard InChI is InChI=1S/C14H19N3O2S/c1-3-17(13-6-4-5-11(2)7-13)20(18,19)14-8-12(9-15)16-10-14/h4-8,10,16H,3,9,15H2,1-2H3. The van der Waals surface area contributed by atoms with E-state index >= 15 is 0 Å². The lowest BCUT2D eigenvalue weighted by atomic mass is 10.2. The van der Waals surface area contributed by atoms with Gasteiger partial charge in [-0.15, -0.1) is 0 Å². The van der Waals surface area contributed by atoms with Crippen LogP contribution in [0.25, 0.3) is 0 Å². The average Bonchev–Trinajstić information content (AvgIpc) is 2.89. The number of aromatic amines is 1. The van der Waals surface area contributed by atoms with Crippen LogP contribution >= 0.6 is 0 Å². The van der Waals surface area contributed by atoms with Crippen LogP contribution in [0, 0.1) is 6.92 Å². The van der Waals surface area contributed by atoms with Crippen LogP contribution in [0.3, 0.4) is 0 Å². The van der Waals surface area contributed by atoms with Crippen molar-refractivity contribution in [3.8, 4) is 0 Å². The van der Waals surface area contributed by atoms with Crippen molar-refractivity contribution in [3.05, 3.63) is 47.8 Å². The summed E-state index contributed by atoms with van der Waals surface area (Å²) >= 11 is 0. The molecule has 0 fully saturated rings. The molecule has 0 radical (unpaired) electrons. The maximum absolute atomic E-state index is 12.7. The largest absolute Gasteiger partial charge is 0.363 e. The van der Waals surface area contributed by atoms with Crippen LogP contribution in [0.2, 0.25) is 0 Å². The monoisotopic (exact) mass is 293 g/mol. The van der Waals surface area contributed by atoms with E-state index in [1.54, 1.807) is 12.1 Å². The van der Waals surface area contributed by atoms with Crippen LogP contribution in [-0.2, 0) is 16.6 Å². The van der Waals surface area contributed by atoms with E-state index in [2.05, 4.69) is 4.98 Å². The molecule has 0 saturated heterocycles. The first-order chi connectivity index (χ1) is 9.48. The maximum atomic E-state index is 12.7. The molecule has 20 heavy (non-hydrogen) atoms. The van der Waals surface area contributed by atoms with E-state index in [0.29, 0.717) is 17.9 Å². The molecule has 2 rings (SSSR count). The van der Waals surface area contributed by atoms with Crippen LogP contribution in [0.5, 0.6) is 0 Å². The summed E-state index contributed by atoms with van der Waals surface area (Å²) in [5.41, 5.74) is 7.89. The molecule has 0 aliphatic carbocycles. The summed E-state index contributed by atoms with van der Waals surface area (Å²) in [5.74, 6) is 0. The van der Waals surface area contributed by atoms with Gasteiger partial charge in [0.05, 0.1) is 5.69 Å². The van der Waals surface area contributed by atoms with E-state index in [1.165, 1.54) is 10.5 Å². The van der Waals surface area contributed by atoms with Crippen molar-refractivity contribution >= 4 is 15.7 Å². The molecule has 0 spiro atoms. The number of rotatable bonds is 5. The number of nitrogens with one attached hydrogen (secondary N) is 1. The highest BCUT2D eigenvalue weighted by Crippen LogP contribution is 2.24. The normalized spacial score (nSPS) is 11.6. The number of aryl methyl sites for hydroxylation is 1. The van der Waals surface area contributed by atoms with Crippen molar-refractivity contribution in [2.24, 2.45) is 5.73 Å². The maximum Gasteiger partial charge on any atom is 0.265 e. The van der Waals surface area contributed by atoms with Gasteiger partial charge in [0.25, 0.3) is 10.0 Å². The summed E-state index contributed by atoms with van der Waals surface area (Å²) < 4.78 is 26.7. The first-order valence-electron chi connectivity index (χ1n) is 6.45. The molecule has 2 aromatic rings. The number of nitrogens with zero attached hydrogens (tertiary/aromatic N) is 1. The smallest absolute Gasteiger partial charge is 0.265 e. The van der Waals surface area contributed by atoms with Crippen LogP contribution in [0.4, 0.5) is 5.69 Å². The highest BCUT2D eigenvalue weighted by molar-refractivity contribution is 7.92. The topological polar surface area (TPSA) is 79.2 Å². The van der Waals surface area contributed by atoms with Gasteiger partial charge >= 0.3 is 0 Å². The van der Waals surface area contributed by atoms with E-state index in [9.17, 15) is 8.42 Å². The van der Waals surface area contributed by atoms with Crippen molar-refractivity contribution < 1.29 is 8.42 Å². The number of hydrogen-bond donors (Lipinski definition) is 2. The van der Waals surface area contributed by atoms with E-state index in [4.69, 9.17) is 5.73 Å². The SMILES string of the molecule is CCN(c1cccc(C)c1)S(=O)(=O)c1c[nH]c(CN)c1. The van der Waals surface area contributed by atoms with Gasteiger partial charge in [-0.1, -0.05) is 12.1 Å². The van der Waals surface area contributed by atoms with Gasteiger partial charge in [0.2, 0.25) is 0 Å². The lowest BCUT2D eigenvalue weighted by Crippen LogP contribution is -2.30. The Labute approximate surface area is 119 Å². The molecule has 1 aromatic carbocycles. The van der Waals surface area contributed by atoms with Crippen molar-refractivity contribution in [2.75, 3.05) is 10.8 Å². The summed E-state index contributed by atoms with van der Waals surface area (Å²) in [6.07, 6.45) is 1.48. The molecule has 0 saturated carbocycles. The molecule has 0 atom stereocenters. The van der Waals surface area contributed by atoms with Gasteiger partial charge in [0, 0.05) is 25.0 Å². The fourth-order valence-corrected chi connectivity index (χ4v) is 3.57. The van der Waals surface area contributed by atoms with E-state index < -0.39 is 10.0 Å². The summed E-state index contributed by atoms with van der Waals surface area (Å²) in [6.45, 7) is 4.41. The van der Waals surface area contributed by atoms with Gasteiger partial charge in [-0.3, -0.25) is 4.31 Å². The molecule has 5 nitrogen and oxygen atoms in total. The molecule has 0 aliphatic heterocycles. The second kappa shape index (κ2) is 5.68. The quantitative estimate of drug-likeness (QED) is 0.885. The summed E-state index contributed by atoms with van der Waals surface area (Å²) in [4.78, 5) is 3.11. The fourth-order valence-electron chi connectivity index (χ4n) is 2.09. The zero-order valence-electron chi connectivity index (χ0n) is 11.6. The van der Waals surface area contributed by atoms with Crippen molar-refractivity contribution in [1.29, 1.82) is 0 Å². The lowest BCUT2D eigenvalue weighted by Gasteiger charge is -2.22. The number of anilines is 1. The van der Waals surface area contributed by atoms with Crippen LogP contribution in [0.15, 0.2) is 41.4 Å². The Morgan fingerprint density at radius 3 is 2.60 bits per heavy atom. The van der Waals surface area contributed by atoms with Crippen molar-refractivity contribution in [1.82, 2.24) is 4.98 Å². The van der Waals surface area contributed by atoms with Gasteiger partial charge in [0.1, 0.15) is 4.90 Å². The molecule has 0 amide bonds. The fraction of sp³-hybridized carbons (Fsp3) is 0.286. The minimum Gasteiger partial charge on any atom is -0.363 e. The Bertz CT molecular complexity index is 692. The predicted molar refractivity (Wildman–Crippen MR) is 80.1 cm³/mol. The van der Waals surface area contributed by atoms with Crippen LogP contribution < -0.4 is 10.0 Å². The number of benzene rings is 1. The Morgan fingerprint density at radius 1 is 1.30 bits per heavy atom. The summed E-state index contributed by atoms with van der Waals surface area (Å²) in [7, 11) is -3.56. The van der Waals surface area contributed by atoms with Crippen molar-refractivity contribution in [3.63, 3.8) is 0 Å². The molecular weight excluding hydrogens is 274 g/mol. The molecule has 108 valence electrons. The lowest BCUT2D eigenvalue weighted by molar-refractivity contribution is 0.592. The molecule has 6 heteroatoms. The molecule has 0 bridgehead atoms. The molecular formula is C14H19N3O2S. The second-order valence-electron chi connectivity index (χ2n) is 4.57. The molecule has 0 unspecified atom stereocenters. The third-order valence-corrected chi connectivity index (χ3v) is 4.98. The molecule has 0 aliphatic rings. The number of hydrogen-bond acceptors (Lipinski definition) is 3. The predicted octanol–water partition coefficient (Wildman–Crippen LogP) is 2.00. The Morgan fingerprint density at radius 2 is 2.05 bits per heavy atom. The number of aromatic nitrogens is 1. The molecule has 3 N–H and O–H groups in total. The summed E-state index contributed by atoms with van der Waals surface area (Å²) in [5, 5.41) is 0. The average molecular weight is 293 g/mol. The highest BCUT2D eigenvalue weighted by Gasteiger charge is 2.24. The number of nitrogens with two attached hydrogens (primary N) is 1. The van der Waals surface area contributed by atoms with Gasteiger partial charge in [-0.2, -0.15) is 0 Å². The van der Waals surface area contributed by atoms with Crippen LogP contribution in [-0.4, -0.2) is 19.9 Å². The van der Waals surface area contributed by atoms with E-state index in [-0.39, 0.29) is 11.4 Å². The third kappa shape index (κ3) is 2.71. The highest BCUT2D eigenvalue weighted by atomic mass is 32.2. The van der Waals surface area contributed by atoms with E-state index in [0.717, 1.165) is 5.56 Å². The van der Waals surface area contributed by atoms with Gasteiger partial charge in [-0.05, 0) is 37.6 Å². The minimum atomic E-state index is -3.56. The van der Waals surface area contributed by atoms with Crippen molar-refractivity contribution in [2.45, 2.75) is 25.3 Å². The number of sulfonamides is 1. The second-order valence-corrected chi connectivity index (χ2v) is 6.44. The zero-order chi connectivity index (χ0) is 14.8. The minimum absolute atomic E-state index is 0.237. The first-order valence-corrected chi connectivity index (χ1v) is 7.89. The van der Waals surface area contributed by atoms with Gasteiger partial charge in [-0.25, -0.2) is 8.42 Å². The van der Waals surface area contributed by atoms with Gasteiger partial charge < -0.3 is 10.7 Å². The van der Waals surface area contributed by atoms with Gasteiger partial charge in [0.15, 0.2) is 0 Å². The Kier molecular flexibility index (Phi) is 4.15. The first kappa shape index (κ1) is 14.6. The van der Waals surface area contributed by atoms with E-state index in [1.807, 2.05) is 32.0 Å². The Balaban J connectivity index is 2.44. The van der Waals surface area contributed by atoms with Crippen LogP contribution in [0.1, 0.15) is 18.2 Å². The molecule has 1 aromatic heterocycles. The third-order valence-electron chi connectivity index (χ3n) is 3.10. The summed E-state index contributed by atoms with van der Waals surface area (Å²) in [6, 6.07) is 9.02. The zero-order valence-corrected chi connectivity index (χ0v) is 12.4. The number of H-pyrrole nitrogens is 1. The Hall–Kier alpha value is -1.79. The molecule has 1 heterocycles.